The fraction of sp³-hybridized carbons (Fsp3) is 0. The third-order valence-electron chi connectivity index (χ3n) is 6.85. The minimum Gasteiger partial charge on any atom is -0.437 e. The molecule has 5 aromatic heterocycles. The molecule has 3 aromatic carbocycles. The maximum atomic E-state index is 6.39. The summed E-state index contributed by atoms with van der Waals surface area (Å²) in [6.07, 6.45) is 3.67. The van der Waals surface area contributed by atoms with Gasteiger partial charge in [-0.25, -0.2) is 9.38 Å². The molecule has 0 atom stereocenters. The number of aromatic nitrogens is 5. The fourth-order valence-corrected chi connectivity index (χ4v) is 5.14. The largest absolute Gasteiger partial charge is 0.437 e. The second-order valence-electron chi connectivity index (χ2n) is 9.02. The van der Waals surface area contributed by atoms with Crippen LogP contribution in [-0.2, 0) is 0 Å². The summed E-state index contributed by atoms with van der Waals surface area (Å²) >= 11 is 0. The molecule has 8 rings (SSSR count). The van der Waals surface area contributed by atoms with Crippen molar-refractivity contribution in [1.82, 2.24) is 23.9 Å². The summed E-state index contributed by atoms with van der Waals surface area (Å²) in [4.78, 5) is 14.1. The molecule has 5 heterocycles. The Hall–Kier alpha value is -5.23. The van der Waals surface area contributed by atoms with Gasteiger partial charge in [0.05, 0.1) is 22.4 Å². The third kappa shape index (κ3) is 2.96. The fourth-order valence-electron chi connectivity index (χ4n) is 5.14. The van der Waals surface area contributed by atoms with Gasteiger partial charge in [-0.3, -0.25) is 14.5 Å². The van der Waals surface area contributed by atoms with Crippen LogP contribution >= 0.6 is 0 Å². The van der Waals surface area contributed by atoms with Gasteiger partial charge in [-0.1, -0.05) is 48.5 Å². The molecule has 0 fully saturated rings. The lowest BCUT2D eigenvalue weighted by Gasteiger charge is -2.04. The second-order valence-corrected chi connectivity index (χ2v) is 9.02. The summed E-state index contributed by atoms with van der Waals surface area (Å²) in [6, 6.07) is 34.7. The quantitative estimate of drug-likeness (QED) is 0.268. The number of nitrogens with zero attached hydrogens (tertiary/aromatic N) is 5. The summed E-state index contributed by atoms with van der Waals surface area (Å²) in [5.41, 5.74) is 9.39. The van der Waals surface area contributed by atoms with Crippen molar-refractivity contribution >= 4 is 39.0 Å². The van der Waals surface area contributed by atoms with Crippen LogP contribution in [0.3, 0.4) is 0 Å². The van der Waals surface area contributed by atoms with Crippen molar-refractivity contribution in [3.05, 3.63) is 116 Å². The monoisotopic (exact) mass is 477 g/mol. The van der Waals surface area contributed by atoms with Crippen LogP contribution in [0, 0.1) is 0 Å². The van der Waals surface area contributed by atoms with E-state index in [9.17, 15) is 0 Å². The SMILES string of the molecule is c1ccc(-n2c3c4ccccc4oc3n3c4ccc(-c5ccc(-c6ccccn6)nc5)cc4nc23)cc1. The van der Waals surface area contributed by atoms with Crippen molar-refractivity contribution in [1.29, 1.82) is 0 Å². The minimum atomic E-state index is 0.789. The van der Waals surface area contributed by atoms with Crippen LogP contribution in [0.4, 0.5) is 0 Å². The highest BCUT2D eigenvalue weighted by Crippen LogP contribution is 2.36. The van der Waals surface area contributed by atoms with Gasteiger partial charge in [0.1, 0.15) is 11.1 Å². The number of hydrogen-bond acceptors (Lipinski definition) is 4. The van der Waals surface area contributed by atoms with Crippen LogP contribution < -0.4 is 0 Å². The summed E-state index contributed by atoms with van der Waals surface area (Å²) < 4.78 is 10.7. The van der Waals surface area contributed by atoms with Crippen molar-refractivity contribution in [3.8, 4) is 28.2 Å². The normalized spacial score (nSPS) is 11.8. The molecule has 0 spiro atoms. The Morgan fingerprint density at radius 3 is 2.32 bits per heavy atom. The van der Waals surface area contributed by atoms with Gasteiger partial charge >= 0.3 is 0 Å². The molecule has 37 heavy (non-hydrogen) atoms. The highest BCUT2D eigenvalue weighted by Gasteiger charge is 2.22. The lowest BCUT2D eigenvalue weighted by Crippen LogP contribution is -1.94. The summed E-state index contributed by atoms with van der Waals surface area (Å²) in [6.45, 7) is 0. The highest BCUT2D eigenvalue weighted by molar-refractivity contribution is 6.06. The van der Waals surface area contributed by atoms with Gasteiger partial charge in [-0.15, -0.1) is 0 Å². The zero-order chi connectivity index (χ0) is 24.3. The van der Waals surface area contributed by atoms with E-state index < -0.39 is 0 Å². The predicted molar refractivity (Wildman–Crippen MR) is 146 cm³/mol. The first-order valence-electron chi connectivity index (χ1n) is 12.1. The molecular formula is C31H19N5O. The zero-order valence-electron chi connectivity index (χ0n) is 19.6. The number of hydrogen-bond donors (Lipinski definition) is 0. The lowest BCUT2D eigenvalue weighted by atomic mass is 10.1. The Kier molecular flexibility index (Phi) is 4.13. The number of furan rings is 1. The van der Waals surface area contributed by atoms with Gasteiger partial charge < -0.3 is 4.42 Å². The highest BCUT2D eigenvalue weighted by atomic mass is 16.3. The smallest absolute Gasteiger partial charge is 0.232 e. The Labute approximate surface area is 211 Å². The Balaban J connectivity index is 1.34. The van der Waals surface area contributed by atoms with E-state index in [0.717, 1.165) is 67.2 Å². The van der Waals surface area contributed by atoms with Crippen LogP contribution in [0.2, 0.25) is 0 Å². The van der Waals surface area contributed by atoms with Gasteiger partial charge in [-0.05, 0) is 60.2 Å². The molecule has 0 amide bonds. The van der Waals surface area contributed by atoms with Crippen molar-refractivity contribution in [3.63, 3.8) is 0 Å². The molecule has 6 nitrogen and oxygen atoms in total. The average Bonchev–Trinajstić information content (AvgIpc) is 3.61. The van der Waals surface area contributed by atoms with E-state index in [2.05, 4.69) is 61.4 Å². The molecular weight excluding hydrogens is 458 g/mol. The maximum Gasteiger partial charge on any atom is 0.232 e. The number of rotatable bonds is 3. The lowest BCUT2D eigenvalue weighted by molar-refractivity contribution is 0.651. The van der Waals surface area contributed by atoms with Crippen molar-refractivity contribution < 1.29 is 4.42 Å². The van der Waals surface area contributed by atoms with Gasteiger partial charge in [0.15, 0.2) is 0 Å². The molecule has 0 aliphatic rings. The Morgan fingerprint density at radius 2 is 1.49 bits per heavy atom. The van der Waals surface area contributed by atoms with Crippen LogP contribution in [0.1, 0.15) is 0 Å². The summed E-state index contributed by atoms with van der Waals surface area (Å²) in [5.74, 6) is 0.821. The summed E-state index contributed by atoms with van der Waals surface area (Å²) in [5, 5.41) is 1.07. The average molecular weight is 478 g/mol. The molecule has 0 bridgehead atoms. The Morgan fingerprint density at radius 1 is 0.676 bits per heavy atom. The van der Waals surface area contributed by atoms with Crippen LogP contribution in [0.15, 0.2) is 120 Å². The molecule has 6 heteroatoms. The van der Waals surface area contributed by atoms with E-state index in [0.29, 0.717) is 0 Å². The van der Waals surface area contributed by atoms with E-state index in [1.807, 2.05) is 66.9 Å². The van der Waals surface area contributed by atoms with Crippen molar-refractivity contribution in [2.24, 2.45) is 0 Å². The van der Waals surface area contributed by atoms with Gasteiger partial charge in [0.25, 0.3) is 0 Å². The zero-order valence-corrected chi connectivity index (χ0v) is 19.6. The molecule has 0 aliphatic heterocycles. The second kappa shape index (κ2) is 7.63. The van der Waals surface area contributed by atoms with E-state index in [1.165, 1.54) is 0 Å². The van der Waals surface area contributed by atoms with Crippen molar-refractivity contribution in [2.75, 3.05) is 0 Å². The first kappa shape index (κ1) is 20.0. The summed E-state index contributed by atoms with van der Waals surface area (Å²) in [7, 11) is 0. The Bertz CT molecular complexity index is 2070. The molecule has 0 saturated carbocycles. The van der Waals surface area contributed by atoms with Crippen LogP contribution in [0.25, 0.3) is 67.2 Å². The third-order valence-corrected chi connectivity index (χ3v) is 6.85. The van der Waals surface area contributed by atoms with E-state index in [1.54, 1.807) is 6.20 Å². The molecule has 8 aromatic rings. The van der Waals surface area contributed by atoms with Crippen LogP contribution in [-0.4, -0.2) is 23.9 Å². The first-order valence-corrected chi connectivity index (χ1v) is 12.1. The molecule has 0 unspecified atom stereocenters. The van der Waals surface area contributed by atoms with E-state index in [-0.39, 0.29) is 0 Å². The van der Waals surface area contributed by atoms with E-state index >= 15 is 0 Å². The van der Waals surface area contributed by atoms with Gasteiger partial charge in [-0.2, -0.15) is 0 Å². The minimum absolute atomic E-state index is 0.789. The van der Waals surface area contributed by atoms with Crippen LogP contribution in [0.5, 0.6) is 0 Å². The molecule has 0 saturated heterocycles. The van der Waals surface area contributed by atoms with Crippen molar-refractivity contribution in [2.45, 2.75) is 0 Å². The van der Waals surface area contributed by atoms with Gasteiger partial charge in [0, 0.05) is 29.0 Å². The number of imidazole rings is 2. The standard InChI is InChI=1S/C31H19N5O/c1-2-8-22(9-3-1)35-29-23-10-4-5-12-28(23)37-30(29)36-27-16-14-20(18-26(27)34-31(35)36)21-13-15-25(33-19-21)24-11-6-7-17-32-24/h1-19H. The molecule has 0 radical (unpaired) electrons. The number of para-hydroxylation sites is 2. The molecule has 174 valence electrons. The number of fused-ring (bicyclic) bond motifs is 7. The predicted octanol–water partition coefficient (Wildman–Crippen LogP) is 7.30. The molecule has 0 aliphatic carbocycles. The van der Waals surface area contributed by atoms with E-state index in [4.69, 9.17) is 9.40 Å². The number of pyridine rings is 2. The van der Waals surface area contributed by atoms with Gasteiger partial charge in [0.2, 0.25) is 11.5 Å². The topological polar surface area (TPSA) is 61.2 Å². The maximum absolute atomic E-state index is 6.39. The first-order chi connectivity index (χ1) is 18.3. The number of benzene rings is 3. The molecule has 0 N–H and O–H groups in total.